The number of nitrogen functional groups attached to an aromatic ring is 1. The van der Waals surface area contributed by atoms with Crippen molar-refractivity contribution in [2.75, 3.05) is 11.1 Å². The van der Waals surface area contributed by atoms with Crippen molar-refractivity contribution in [1.29, 1.82) is 0 Å². The number of anilines is 2. The maximum Gasteiger partial charge on any atom is 0.212 e. The molecule has 0 bridgehead atoms. The number of pyridine rings is 1. The zero-order valence-electron chi connectivity index (χ0n) is 12.3. The van der Waals surface area contributed by atoms with Crippen LogP contribution in [0.4, 0.5) is 11.5 Å². The third-order valence-corrected chi connectivity index (χ3v) is 2.58. The summed E-state index contributed by atoms with van der Waals surface area (Å²) in [7, 11) is 0. The van der Waals surface area contributed by atoms with Crippen LogP contribution in [0.25, 0.3) is 0 Å². The number of aromatic nitrogens is 1. The number of benzene rings is 1. The summed E-state index contributed by atoms with van der Waals surface area (Å²) in [6, 6.07) is 9.31. The third kappa shape index (κ3) is 7.74. The summed E-state index contributed by atoms with van der Waals surface area (Å²) in [5.41, 5.74) is 8.89. The van der Waals surface area contributed by atoms with E-state index >= 15 is 0 Å². The molecule has 0 saturated carbocycles. The quantitative estimate of drug-likeness (QED) is 0.501. The van der Waals surface area contributed by atoms with Crippen LogP contribution in [0.3, 0.4) is 0 Å². The van der Waals surface area contributed by atoms with E-state index in [1.807, 2.05) is 19.1 Å². The van der Waals surface area contributed by atoms with E-state index in [2.05, 4.69) is 36.4 Å². The molecule has 0 atom stereocenters. The van der Waals surface area contributed by atoms with Gasteiger partial charge >= 0.3 is 0 Å². The van der Waals surface area contributed by atoms with Gasteiger partial charge in [-0.2, -0.15) is 0 Å². The molecule has 2 rings (SSSR count). The molecule has 4 nitrogen and oxygen atoms in total. The lowest BCUT2D eigenvalue weighted by molar-refractivity contribution is -0.105. The van der Waals surface area contributed by atoms with Crippen molar-refractivity contribution in [2.24, 2.45) is 0 Å². The van der Waals surface area contributed by atoms with Crippen molar-refractivity contribution in [2.45, 2.75) is 13.8 Å². The third-order valence-electron chi connectivity index (χ3n) is 2.36. The molecule has 0 aliphatic carbocycles. The van der Waals surface area contributed by atoms with Crippen molar-refractivity contribution in [3.63, 3.8) is 0 Å². The van der Waals surface area contributed by atoms with Gasteiger partial charge in [0.05, 0.1) is 5.02 Å². The zero-order chi connectivity index (χ0) is 16.3. The second-order valence-electron chi connectivity index (χ2n) is 3.98. The second kappa shape index (κ2) is 10.5. The molecule has 0 unspecified atom stereocenters. The lowest BCUT2D eigenvalue weighted by Crippen LogP contribution is -1.95. The Labute approximate surface area is 130 Å². The predicted octanol–water partition coefficient (Wildman–Crippen LogP) is 3.99. The van der Waals surface area contributed by atoms with E-state index in [0.717, 1.165) is 11.3 Å². The van der Waals surface area contributed by atoms with Crippen LogP contribution >= 0.6 is 11.6 Å². The summed E-state index contributed by atoms with van der Waals surface area (Å²) >= 11 is 5.53. The molecule has 1 amide bonds. The fourth-order valence-electron chi connectivity index (χ4n) is 1.35. The summed E-state index contributed by atoms with van der Waals surface area (Å²) in [4.78, 5) is 13.7. The number of halogens is 1. The molecule has 2 aromatic rings. The molecule has 21 heavy (non-hydrogen) atoms. The standard InChI is InChI=1S/C8H11N.C6H5ClN2O.C2H4/c1-6-3-4-8(9)7(2)5-6;7-5-1-2-6(8-3-5)9-4-10;1-2/h3-5H,9H2,1-2H3;1-4H,(H,8,9,10);1-2H2. The van der Waals surface area contributed by atoms with Gasteiger partial charge in [-0.15, -0.1) is 13.2 Å². The summed E-state index contributed by atoms with van der Waals surface area (Å²) in [6.45, 7) is 10.1. The van der Waals surface area contributed by atoms with Gasteiger partial charge in [0.15, 0.2) is 0 Å². The SMILES string of the molecule is C=C.Cc1ccc(N)c(C)c1.O=CNc1ccc(Cl)cn1. The van der Waals surface area contributed by atoms with Gasteiger partial charge in [-0.3, -0.25) is 4.79 Å². The summed E-state index contributed by atoms with van der Waals surface area (Å²) < 4.78 is 0. The minimum Gasteiger partial charge on any atom is -0.399 e. The molecule has 1 heterocycles. The Bertz CT molecular complexity index is 556. The number of rotatable bonds is 2. The van der Waals surface area contributed by atoms with Crippen LogP contribution < -0.4 is 11.1 Å². The highest BCUT2D eigenvalue weighted by molar-refractivity contribution is 6.30. The van der Waals surface area contributed by atoms with Crippen LogP contribution in [-0.4, -0.2) is 11.4 Å². The number of nitrogens with two attached hydrogens (primary N) is 1. The average Bonchev–Trinajstić information content (AvgIpc) is 2.49. The first kappa shape index (κ1) is 18.7. The van der Waals surface area contributed by atoms with E-state index in [0.29, 0.717) is 17.3 Å². The Balaban J connectivity index is 0.000000342. The maximum absolute atomic E-state index is 9.88. The number of carbonyl (C=O) groups is 1. The molecule has 0 aliphatic heterocycles. The van der Waals surface area contributed by atoms with Crippen molar-refractivity contribution < 1.29 is 4.79 Å². The normalized spacial score (nSPS) is 8.52. The van der Waals surface area contributed by atoms with E-state index in [1.165, 1.54) is 11.8 Å². The van der Waals surface area contributed by atoms with Crippen LogP contribution in [0.1, 0.15) is 11.1 Å². The van der Waals surface area contributed by atoms with Crippen molar-refractivity contribution in [1.82, 2.24) is 4.98 Å². The topological polar surface area (TPSA) is 68.0 Å². The van der Waals surface area contributed by atoms with Crippen molar-refractivity contribution >= 4 is 29.5 Å². The van der Waals surface area contributed by atoms with Crippen LogP contribution in [0, 0.1) is 13.8 Å². The molecule has 0 radical (unpaired) electrons. The smallest absolute Gasteiger partial charge is 0.212 e. The molecule has 0 fully saturated rings. The lowest BCUT2D eigenvalue weighted by Gasteiger charge is -1.98. The Morgan fingerprint density at radius 3 is 2.33 bits per heavy atom. The van der Waals surface area contributed by atoms with Crippen LogP contribution in [0.2, 0.25) is 5.02 Å². The summed E-state index contributed by atoms with van der Waals surface area (Å²) in [5.74, 6) is 0.499. The average molecular weight is 306 g/mol. The second-order valence-corrected chi connectivity index (χ2v) is 4.42. The van der Waals surface area contributed by atoms with Gasteiger partial charge < -0.3 is 11.1 Å². The van der Waals surface area contributed by atoms with E-state index in [9.17, 15) is 4.79 Å². The van der Waals surface area contributed by atoms with Gasteiger partial charge in [0.1, 0.15) is 5.82 Å². The molecular weight excluding hydrogens is 286 g/mol. The maximum atomic E-state index is 9.88. The van der Waals surface area contributed by atoms with E-state index in [1.54, 1.807) is 12.1 Å². The monoisotopic (exact) mass is 305 g/mol. The summed E-state index contributed by atoms with van der Waals surface area (Å²) in [6.07, 6.45) is 2.03. The van der Waals surface area contributed by atoms with Crippen LogP contribution in [-0.2, 0) is 4.79 Å². The first-order valence-electron chi connectivity index (χ1n) is 6.17. The predicted molar refractivity (Wildman–Crippen MR) is 90.5 cm³/mol. The number of hydrogen-bond acceptors (Lipinski definition) is 3. The number of amides is 1. The van der Waals surface area contributed by atoms with Gasteiger partial charge in [-0.05, 0) is 37.6 Å². The fraction of sp³-hybridized carbons (Fsp3) is 0.125. The number of carbonyl (C=O) groups excluding carboxylic acids is 1. The molecule has 0 saturated heterocycles. The van der Waals surface area contributed by atoms with Crippen LogP contribution in [0.5, 0.6) is 0 Å². The molecule has 1 aromatic carbocycles. The Hall–Kier alpha value is -2.33. The minimum atomic E-state index is 0.499. The molecule has 1 aromatic heterocycles. The van der Waals surface area contributed by atoms with Gasteiger partial charge in [0.25, 0.3) is 0 Å². The highest BCUT2D eigenvalue weighted by atomic mass is 35.5. The molecule has 5 heteroatoms. The minimum absolute atomic E-state index is 0.499. The Morgan fingerprint density at radius 1 is 1.24 bits per heavy atom. The molecular formula is C16H20ClN3O. The van der Waals surface area contributed by atoms with Gasteiger partial charge in [-0.25, -0.2) is 4.98 Å². The van der Waals surface area contributed by atoms with E-state index in [-0.39, 0.29) is 0 Å². The zero-order valence-corrected chi connectivity index (χ0v) is 13.0. The van der Waals surface area contributed by atoms with Crippen molar-refractivity contribution in [3.8, 4) is 0 Å². The highest BCUT2D eigenvalue weighted by Gasteiger charge is 1.90. The van der Waals surface area contributed by atoms with Gasteiger partial charge in [-0.1, -0.05) is 29.3 Å². The first-order chi connectivity index (χ1) is 10.0. The number of nitrogens with one attached hydrogen (secondary N) is 1. The Kier molecular flexibility index (Phi) is 9.30. The van der Waals surface area contributed by atoms with Crippen LogP contribution in [0.15, 0.2) is 49.7 Å². The van der Waals surface area contributed by atoms with Gasteiger partial charge in [0.2, 0.25) is 6.41 Å². The highest BCUT2D eigenvalue weighted by Crippen LogP contribution is 2.10. The number of nitrogens with zero attached hydrogens (tertiary/aromatic N) is 1. The molecule has 0 spiro atoms. The molecule has 0 aliphatic rings. The fourth-order valence-corrected chi connectivity index (χ4v) is 1.46. The van der Waals surface area contributed by atoms with Gasteiger partial charge in [0, 0.05) is 11.9 Å². The van der Waals surface area contributed by atoms with E-state index in [4.69, 9.17) is 17.3 Å². The molecule has 3 N–H and O–H groups in total. The number of hydrogen-bond donors (Lipinski definition) is 2. The lowest BCUT2D eigenvalue weighted by atomic mass is 10.1. The molecule has 112 valence electrons. The Morgan fingerprint density at radius 2 is 1.90 bits per heavy atom. The largest absolute Gasteiger partial charge is 0.399 e. The van der Waals surface area contributed by atoms with E-state index < -0.39 is 0 Å². The first-order valence-corrected chi connectivity index (χ1v) is 6.55. The number of aryl methyl sites for hydroxylation is 2. The van der Waals surface area contributed by atoms with Crippen molar-refractivity contribution in [3.05, 3.63) is 65.8 Å². The summed E-state index contributed by atoms with van der Waals surface area (Å²) in [5, 5.41) is 2.94.